The normalized spacial score (nSPS) is 20.3. The van der Waals surface area contributed by atoms with E-state index in [0.717, 1.165) is 22.4 Å². The van der Waals surface area contributed by atoms with Crippen molar-refractivity contribution < 1.29 is 9.90 Å². The van der Waals surface area contributed by atoms with Crippen molar-refractivity contribution in [1.29, 1.82) is 5.26 Å². The molecule has 1 fully saturated rings. The number of carboxylic acid groups (broad SMARTS) is 1. The molecular weight excluding hydrogens is 316 g/mol. The van der Waals surface area contributed by atoms with E-state index in [2.05, 4.69) is 16.0 Å². The van der Waals surface area contributed by atoms with Gasteiger partial charge in [-0.3, -0.25) is 9.20 Å². The zero-order valence-corrected chi connectivity index (χ0v) is 14.2. The Morgan fingerprint density at radius 2 is 2.16 bits per heavy atom. The summed E-state index contributed by atoms with van der Waals surface area (Å²) in [6.07, 6.45) is 0.593. The lowest BCUT2D eigenvalue weighted by Crippen LogP contribution is -2.32. The second-order valence-corrected chi connectivity index (χ2v) is 6.97. The van der Waals surface area contributed by atoms with Gasteiger partial charge in [-0.15, -0.1) is 0 Å². The van der Waals surface area contributed by atoms with E-state index in [0.29, 0.717) is 30.7 Å². The lowest BCUT2D eigenvalue weighted by Gasteiger charge is -2.23. The molecule has 1 aromatic carbocycles. The number of hydrogen-bond acceptors (Lipinski definition) is 4. The van der Waals surface area contributed by atoms with E-state index in [1.54, 1.807) is 6.92 Å². The van der Waals surface area contributed by atoms with Gasteiger partial charge in [-0.25, -0.2) is 4.98 Å². The van der Waals surface area contributed by atoms with Crippen LogP contribution in [0.1, 0.15) is 24.5 Å². The molecule has 0 amide bonds. The monoisotopic (exact) mass is 334 g/mol. The van der Waals surface area contributed by atoms with E-state index in [1.165, 1.54) is 0 Å². The molecule has 1 atom stereocenters. The van der Waals surface area contributed by atoms with Crippen molar-refractivity contribution in [3.63, 3.8) is 0 Å². The molecule has 1 N–H and O–H groups in total. The number of carboxylic acids is 1. The molecule has 1 aliphatic heterocycles. The van der Waals surface area contributed by atoms with Crippen molar-refractivity contribution >= 4 is 28.5 Å². The molecule has 0 radical (unpaired) electrons. The first-order chi connectivity index (χ1) is 11.9. The maximum absolute atomic E-state index is 11.6. The van der Waals surface area contributed by atoms with Gasteiger partial charge in [-0.2, -0.15) is 5.26 Å². The molecule has 1 unspecified atom stereocenters. The fourth-order valence-corrected chi connectivity index (χ4v) is 3.63. The van der Waals surface area contributed by atoms with Gasteiger partial charge in [-0.1, -0.05) is 12.1 Å². The molecule has 0 spiro atoms. The van der Waals surface area contributed by atoms with Gasteiger partial charge < -0.3 is 10.0 Å². The highest BCUT2D eigenvalue weighted by Gasteiger charge is 2.41. The molecule has 25 heavy (non-hydrogen) atoms. The number of aliphatic carboxylic acids is 1. The first-order valence-corrected chi connectivity index (χ1v) is 8.24. The van der Waals surface area contributed by atoms with Crippen molar-refractivity contribution in [3.8, 4) is 6.07 Å². The van der Waals surface area contributed by atoms with E-state index in [1.807, 2.05) is 41.7 Å². The molecule has 6 heteroatoms. The van der Waals surface area contributed by atoms with E-state index >= 15 is 0 Å². The summed E-state index contributed by atoms with van der Waals surface area (Å²) in [4.78, 5) is 18.3. The molecule has 3 aromatic rings. The number of pyridine rings is 1. The zero-order valence-electron chi connectivity index (χ0n) is 14.2. The SMILES string of the molecule is Cc1cc(N2CCC(C)(C(=O)O)C2)n2c(nc3ccccc32)c1C#N. The van der Waals surface area contributed by atoms with Crippen LogP contribution in [0, 0.1) is 23.7 Å². The highest BCUT2D eigenvalue weighted by Crippen LogP contribution is 2.36. The predicted octanol–water partition coefficient (Wildman–Crippen LogP) is 2.97. The van der Waals surface area contributed by atoms with Crippen LogP contribution in [0.4, 0.5) is 5.82 Å². The Hall–Kier alpha value is -3.07. The molecule has 0 bridgehead atoms. The van der Waals surface area contributed by atoms with Crippen molar-refractivity contribution in [2.45, 2.75) is 20.3 Å². The van der Waals surface area contributed by atoms with Crippen LogP contribution in [0.15, 0.2) is 30.3 Å². The van der Waals surface area contributed by atoms with Crippen LogP contribution >= 0.6 is 0 Å². The average molecular weight is 334 g/mol. The third-order valence-corrected chi connectivity index (χ3v) is 5.18. The minimum atomic E-state index is -0.771. The zero-order chi connectivity index (χ0) is 17.8. The maximum Gasteiger partial charge on any atom is 0.311 e. The summed E-state index contributed by atoms with van der Waals surface area (Å²) in [5.74, 6) is 0.122. The van der Waals surface area contributed by atoms with Gasteiger partial charge in [0.1, 0.15) is 11.9 Å². The largest absolute Gasteiger partial charge is 0.481 e. The van der Waals surface area contributed by atoms with Crippen LogP contribution in [-0.2, 0) is 4.79 Å². The van der Waals surface area contributed by atoms with Gasteiger partial charge in [0.2, 0.25) is 0 Å². The van der Waals surface area contributed by atoms with Crippen LogP contribution in [-0.4, -0.2) is 33.6 Å². The van der Waals surface area contributed by atoms with E-state index < -0.39 is 11.4 Å². The van der Waals surface area contributed by atoms with Gasteiger partial charge in [-0.05, 0) is 44.0 Å². The molecular formula is C19H18N4O2. The third-order valence-electron chi connectivity index (χ3n) is 5.18. The van der Waals surface area contributed by atoms with Crippen LogP contribution in [0.5, 0.6) is 0 Å². The predicted molar refractivity (Wildman–Crippen MR) is 94.7 cm³/mol. The Bertz CT molecular complexity index is 1060. The van der Waals surface area contributed by atoms with E-state index in [9.17, 15) is 15.2 Å². The van der Waals surface area contributed by atoms with Gasteiger partial charge in [0.25, 0.3) is 0 Å². The molecule has 6 nitrogen and oxygen atoms in total. The third kappa shape index (κ3) is 2.16. The Labute approximate surface area is 144 Å². The number of fused-ring (bicyclic) bond motifs is 3. The Balaban J connectivity index is 1.99. The molecule has 2 aromatic heterocycles. The number of para-hydroxylation sites is 2. The number of aromatic nitrogens is 2. The summed E-state index contributed by atoms with van der Waals surface area (Å²) in [5, 5.41) is 19.1. The quantitative estimate of drug-likeness (QED) is 0.779. The number of anilines is 1. The summed E-state index contributed by atoms with van der Waals surface area (Å²) < 4.78 is 1.98. The van der Waals surface area contributed by atoms with E-state index in [4.69, 9.17) is 0 Å². The first kappa shape index (κ1) is 15.5. The molecule has 126 valence electrons. The van der Waals surface area contributed by atoms with Crippen molar-refractivity contribution in [2.75, 3.05) is 18.0 Å². The number of imidazole rings is 1. The molecule has 4 rings (SSSR count). The molecule has 1 saturated heterocycles. The fourth-order valence-electron chi connectivity index (χ4n) is 3.63. The standard InChI is InChI=1S/C19H18N4O2/c1-12-9-16(22-8-7-19(2,11-22)18(24)25)23-15-6-4-3-5-14(15)21-17(23)13(12)10-20/h3-6,9H,7-8,11H2,1-2H3,(H,24,25). The minimum Gasteiger partial charge on any atom is -0.481 e. The van der Waals surface area contributed by atoms with Crippen molar-refractivity contribution in [2.24, 2.45) is 5.41 Å². The Morgan fingerprint density at radius 1 is 1.40 bits per heavy atom. The van der Waals surface area contributed by atoms with Gasteiger partial charge in [0.15, 0.2) is 5.65 Å². The molecule has 3 heterocycles. The van der Waals surface area contributed by atoms with Gasteiger partial charge >= 0.3 is 5.97 Å². The first-order valence-electron chi connectivity index (χ1n) is 8.24. The van der Waals surface area contributed by atoms with Gasteiger partial charge in [0.05, 0.1) is 22.0 Å². The average Bonchev–Trinajstić information content (AvgIpc) is 3.16. The lowest BCUT2D eigenvalue weighted by molar-refractivity contribution is -0.146. The van der Waals surface area contributed by atoms with Crippen LogP contribution < -0.4 is 4.90 Å². The number of benzene rings is 1. The van der Waals surface area contributed by atoms with Crippen LogP contribution in [0.25, 0.3) is 16.7 Å². The summed E-state index contributed by atoms with van der Waals surface area (Å²) in [5.41, 5.74) is 3.02. The second kappa shape index (κ2) is 5.21. The van der Waals surface area contributed by atoms with Crippen LogP contribution in [0.2, 0.25) is 0 Å². The number of aryl methyl sites for hydroxylation is 1. The number of carbonyl (C=O) groups is 1. The summed E-state index contributed by atoms with van der Waals surface area (Å²) in [7, 11) is 0. The molecule has 0 saturated carbocycles. The number of nitriles is 1. The van der Waals surface area contributed by atoms with Crippen molar-refractivity contribution in [1.82, 2.24) is 9.38 Å². The summed E-state index contributed by atoms with van der Waals surface area (Å²) in [6.45, 7) is 4.79. The second-order valence-electron chi connectivity index (χ2n) is 6.97. The van der Waals surface area contributed by atoms with Crippen LogP contribution in [0.3, 0.4) is 0 Å². The molecule has 0 aliphatic carbocycles. The molecule has 1 aliphatic rings. The topological polar surface area (TPSA) is 81.6 Å². The number of rotatable bonds is 2. The maximum atomic E-state index is 11.6. The number of nitrogens with zero attached hydrogens (tertiary/aromatic N) is 4. The Kier molecular flexibility index (Phi) is 3.22. The fraction of sp³-hybridized carbons (Fsp3) is 0.316. The summed E-state index contributed by atoms with van der Waals surface area (Å²) in [6, 6.07) is 12.0. The highest BCUT2D eigenvalue weighted by atomic mass is 16.4. The van der Waals surface area contributed by atoms with Gasteiger partial charge in [0, 0.05) is 13.1 Å². The highest BCUT2D eigenvalue weighted by molar-refractivity contribution is 5.85. The number of hydrogen-bond donors (Lipinski definition) is 1. The lowest BCUT2D eigenvalue weighted by atomic mass is 9.90. The summed E-state index contributed by atoms with van der Waals surface area (Å²) >= 11 is 0. The van der Waals surface area contributed by atoms with E-state index in [-0.39, 0.29) is 0 Å². The minimum absolute atomic E-state index is 0.440. The Morgan fingerprint density at radius 3 is 2.84 bits per heavy atom. The smallest absolute Gasteiger partial charge is 0.311 e. The van der Waals surface area contributed by atoms with Crippen molar-refractivity contribution in [3.05, 3.63) is 41.5 Å².